The highest BCUT2D eigenvalue weighted by Gasteiger charge is 2.12. The maximum absolute atomic E-state index is 8.72. The molecule has 0 saturated carbocycles. The zero-order valence-corrected chi connectivity index (χ0v) is 7.73. The van der Waals surface area contributed by atoms with Crippen molar-refractivity contribution >= 4 is 11.6 Å². The number of rotatable bonds is 2. The zero-order valence-electron chi connectivity index (χ0n) is 6.98. The predicted molar refractivity (Wildman–Crippen MR) is 46.9 cm³/mol. The molecule has 5 nitrogen and oxygen atoms in total. The molecule has 0 radical (unpaired) electrons. The molecular formula is C8H4ClN5. The van der Waals surface area contributed by atoms with E-state index in [-0.39, 0.29) is 17.9 Å². The van der Waals surface area contributed by atoms with Crippen LogP contribution in [0.25, 0.3) is 0 Å². The molecule has 1 rings (SSSR count). The van der Waals surface area contributed by atoms with E-state index in [9.17, 15) is 0 Å². The molecule has 0 aromatic carbocycles. The Kier molecular flexibility index (Phi) is 3.07. The van der Waals surface area contributed by atoms with Crippen LogP contribution >= 0.6 is 11.6 Å². The molecule has 0 bridgehead atoms. The smallest absolute Gasteiger partial charge is 0.176 e. The molecular weight excluding hydrogens is 202 g/mol. The monoisotopic (exact) mass is 205 g/mol. The van der Waals surface area contributed by atoms with Gasteiger partial charge in [0.2, 0.25) is 0 Å². The molecule has 0 N–H and O–H groups in total. The zero-order chi connectivity index (χ0) is 10.6. The number of imidazole rings is 1. The SMILES string of the molecule is N#Cc1ncn(CC(Cl)C#N)c1C#N. The maximum atomic E-state index is 8.72. The van der Waals surface area contributed by atoms with Crippen LogP contribution < -0.4 is 0 Å². The molecule has 1 aromatic heterocycles. The van der Waals surface area contributed by atoms with Gasteiger partial charge in [0.25, 0.3) is 0 Å². The van der Waals surface area contributed by atoms with Gasteiger partial charge in [0.1, 0.15) is 17.5 Å². The summed E-state index contributed by atoms with van der Waals surface area (Å²) in [5.41, 5.74) is 0.183. The first-order chi connectivity index (χ1) is 6.72. The highest BCUT2D eigenvalue weighted by molar-refractivity contribution is 6.22. The summed E-state index contributed by atoms with van der Waals surface area (Å²) in [6, 6.07) is 5.43. The van der Waals surface area contributed by atoms with E-state index in [4.69, 9.17) is 27.4 Å². The third-order valence-electron chi connectivity index (χ3n) is 1.55. The summed E-state index contributed by atoms with van der Waals surface area (Å²) in [7, 11) is 0. The molecule has 1 heterocycles. The second kappa shape index (κ2) is 4.28. The fourth-order valence-corrected chi connectivity index (χ4v) is 1.08. The van der Waals surface area contributed by atoms with Gasteiger partial charge in [-0.1, -0.05) is 0 Å². The van der Waals surface area contributed by atoms with Crippen molar-refractivity contribution in [3.8, 4) is 18.2 Å². The van der Waals surface area contributed by atoms with E-state index < -0.39 is 5.38 Å². The van der Waals surface area contributed by atoms with Gasteiger partial charge >= 0.3 is 0 Å². The summed E-state index contributed by atoms with van der Waals surface area (Å²) in [6.07, 6.45) is 1.32. The molecule has 1 aromatic rings. The van der Waals surface area contributed by atoms with E-state index in [1.807, 2.05) is 12.1 Å². The van der Waals surface area contributed by atoms with Crippen molar-refractivity contribution in [2.45, 2.75) is 11.9 Å². The first kappa shape index (κ1) is 10.1. The van der Waals surface area contributed by atoms with Crippen molar-refractivity contribution in [3.63, 3.8) is 0 Å². The predicted octanol–water partition coefficient (Wildman–Crippen LogP) is 0.757. The molecule has 1 atom stereocenters. The third kappa shape index (κ3) is 1.82. The topological polar surface area (TPSA) is 89.2 Å². The number of hydrogen-bond donors (Lipinski definition) is 0. The normalized spacial score (nSPS) is 11.0. The van der Waals surface area contributed by atoms with E-state index >= 15 is 0 Å². The van der Waals surface area contributed by atoms with Crippen LogP contribution in [0.15, 0.2) is 6.33 Å². The first-order valence-electron chi connectivity index (χ1n) is 3.62. The van der Waals surface area contributed by atoms with Crippen LogP contribution in [0.5, 0.6) is 0 Å². The van der Waals surface area contributed by atoms with Crippen molar-refractivity contribution < 1.29 is 0 Å². The van der Waals surface area contributed by atoms with Gasteiger partial charge in [-0.3, -0.25) is 0 Å². The Bertz CT molecular complexity index is 456. The van der Waals surface area contributed by atoms with Gasteiger partial charge in [0.15, 0.2) is 11.4 Å². The molecule has 1 unspecified atom stereocenters. The van der Waals surface area contributed by atoms with Crippen molar-refractivity contribution in [2.75, 3.05) is 0 Å². The van der Waals surface area contributed by atoms with Crippen molar-refractivity contribution in [1.29, 1.82) is 15.8 Å². The van der Waals surface area contributed by atoms with Crippen LogP contribution in [0.1, 0.15) is 11.4 Å². The fraction of sp³-hybridized carbons (Fsp3) is 0.250. The van der Waals surface area contributed by atoms with E-state index in [1.54, 1.807) is 6.07 Å². The summed E-state index contributed by atoms with van der Waals surface area (Å²) >= 11 is 5.58. The fourth-order valence-electron chi connectivity index (χ4n) is 0.933. The Hall–Kier alpha value is -2.03. The Balaban J connectivity index is 3.02. The average molecular weight is 206 g/mol. The molecule has 6 heteroatoms. The summed E-state index contributed by atoms with van der Waals surface area (Å²) in [6.45, 7) is 0.148. The Labute approximate surface area is 85.4 Å². The minimum atomic E-state index is -0.733. The molecule has 0 aliphatic heterocycles. The summed E-state index contributed by atoms with van der Waals surface area (Å²) in [4.78, 5) is 3.70. The number of alkyl halides is 1. The van der Waals surface area contributed by atoms with Gasteiger partial charge < -0.3 is 4.57 Å². The largest absolute Gasteiger partial charge is 0.319 e. The maximum Gasteiger partial charge on any atom is 0.176 e. The Morgan fingerprint density at radius 2 is 2.14 bits per heavy atom. The lowest BCUT2D eigenvalue weighted by atomic mass is 10.3. The van der Waals surface area contributed by atoms with Gasteiger partial charge in [-0.05, 0) is 0 Å². The van der Waals surface area contributed by atoms with Crippen molar-refractivity contribution in [1.82, 2.24) is 9.55 Å². The lowest BCUT2D eigenvalue weighted by Crippen LogP contribution is -2.09. The van der Waals surface area contributed by atoms with Crippen LogP contribution in [0.4, 0.5) is 0 Å². The molecule has 0 spiro atoms. The molecule has 0 fully saturated rings. The molecule has 68 valence electrons. The number of hydrogen-bond acceptors (Lipinski definition) is 4. The van der Waals surface area contributed by atoms with Gasteiger partial charge in [0, 0.05) is 0 Å². The van der Waals surface area contributed by atoms with Gasteiger partial charge in [-0.25, -0.2) is 4.98 Å². The third-order valence-corrected chi connectivity index (χ3v) is 1.78. The summed E-state index contributed by atoms with van der Waals surface area (Å²) in [5, 5.41) is 25.0. The molecule has 0 aliphatic carbocycles. The van der Waals surface area contributed by atoms with Crippen molar-refractivity contribution in [2.24, 2.45) is 0 Å². The number of aromatic nitrogens is 2. The molecule has 0 saturated heterocycles. The minimum absolute atomic E-state index is 0.0503. The number of nitriles is 3. The lowest BCUT2D eigenvalue weighted by molar-refractivity contribution is 0.711. The molecule has 0 amide bonds. The second-order valence-electron chi connectivity index (χ2n) is 2.41. The highest BCUT2D eigenvalue weighted by atomic mass is 35.5. The van der Waals surface area contributed by atoms with Crippen molar-refractivity contribution in [3.05, 3.63) is 17.7 Å². The van der Waals surface area contributed by atoms with E-state index in [0.717, 1.165) is 0 Å². The Morgan fingerprint density at radius 1 is 1.43 bits per heavy atom. The second-order valence-corrected chi connectivity index (χ2v) is 2.94. The van der Waals surface area contributed by atoms with Gasteiger partial charge in [-0.15, -0.1) is 11.6 Å². The Morgan fingerprint density at radius 3 is 2.64 bits per heavy atom. The van der Waals surface area contributed by atoms with Crippen LogP contribution in [0, 0.1) is 34.0 Å². The molecule has 14 heavy (non-hydrogen) atoms. The quantitative estimate of drug-likeness (QED) is 0.667. The highest BCUT2D eigenvalue weighted by Crippen LogP contribution is 2.07. The summed E-state index contributed by atoms with van der Waals surface area (Å²) < 4.78 is 1.39. The number of nitrogens with zero attached hydrogens (tertiary/aromatic N) is 5. The van der Waals surface area contributed by atoms with E-state index in [0.29, 0.717) is 0 Å². The van der Waals surface area contributed by atoms with Gasteiger partial charge in [0.05, 0.1) is 18.9 Å². The molecule has 0 aliphatic rings. The minimum Gasteiger partial charge on any atom is -0.319 e. The number of halogens is 1. The van der Waals surface area contributed by atoms with Crippen LogP contribution in [-0.4, -0.2) is 14.9 Å². The van der Waals surface area contributed by atoms with E-state index in [2.05, 4.69) is 4.98 Å². The lowest BCUT2D eigenvalue weighted by Gasteiger charge is -2.02. The average Bonchev–Trinajstić information content (AvgIpc) is 2.59. The van der Waals surface area contributed by atoms with Crippen LogP contribution in [0.3, 0.4) is 0 Å². The van der Waals surface area contributed by atoms with E-state index in [1.165, 1.54) is 10.9 Å². The van der Waals surface area contributed by atoms with Gasteiger partial charge in [-0.2, -0.15) is 15.8 Å². The first-order valence-corrected chi connectivity index (χ1v) is 4.05. The van der Waals surface area contributed by atoms with Crippen LogP contribution in [-0.2, 0) is 6.54 Å². The summed E-state index contributed by atoms with van der Waals surface area (Å²) in [5.74, 6) is 0. The standard InChI is InChI=1S/C8H4ClN5/c9-6(1-10)4-14-5-13-7(2-11)8(14)3-12/h5-6H,4H2. The van der Waals surface area contributed by atoms with Crippen LogP contribution in [0.2, 0.25) is 0 Å².